The SMILES string of the molecule is c1ccc(C2C[CH+]c3ccccc32)cc1. The first-order valence-electron chi connectivity index (χ1n) is 5.42. The third-order valence-electron chi connectivity index (χ3n) is 3.15. The molecular weight excluding hydrogens is 180 g/mol. The van der Waals surface area contributed by atoms with Crippen LogP contribution in [0.5, 0.6) is 0 Å². The number of benzene rings is 2. The van der Waals surface area contributed by atoms with Crippen LogP contribution < -0.4 is 0 Å². The van der Waals surface area contributed by atoms with E-state index in [1.54, 1.807) is 0 Å². The minimum absolute atomic E-state index is 0.572. The van der Waals surface area contributed by atoms with Gasteiger partial charge in [-0.3, -0.25) is 0 Å². The molecule has 0 nitrogen and oxygen atoms in total. The van der Waals surface area contributed by atoms with E-state index < -0.39 is 0 Å². The Labute approximate surface area is 90.6 Å². The zero-order valence-electron chi connectivity index (χ0n) is 8.56. The van der Waals surface area contributed by atoms with E-state index in [9.17, 15) is 0 Å². The second kappa shape index (κ2) is 3.47. The zero-order valence-corrected chi connectivity index (χ0v) is 8.56. The van der Waals surface area contributed by atoms with Gasteiger partial charge in [-0.25, -0.2) is 0 Å². The van der Waals surface area contributed by atoms with E-state index >= 15 is 0 Å². The van der Waals surface area contributed by atoms with Crippen molar-refractivity contribution in [1.29, 1.82) is 0 Å². The highest BCUT2D eigenvalue weighted by Gasteiger charge is 2.30. The molecule has 3 rings (SSSR count). The van der Waals surface area contributed by atoms with Crippen molar-refractivity contribution in [1.82, 2.24) is 0 Å². The van der Waals surface area contributed by atoms with Gasteiger partial charge in [-0.15, -0.1) is 0 Å². The van der Waals surface area contributed by atoms with Crippen LogP contribution in [0.25, 0.3) is 0 Å². The van der Waals surface area contributed by atoms with Gasteiger partial charge in [0.15, 0.2) is 0 Å². The molecule has 0 saturated carbocycles. The predicted octanol–water partition coefficient (Wildman–Crippen LogP) is 3.77. The molecule has 0 heteroatoms. The van der Waals surface area contributed by atoms with E-state index in [-0.39, 0.29) is 0 Å². The summed E-state index contributed by atoms with van der Waals surface area (Å²) in [5.41, 5.74) is 4.31. The van der Waals surface area contributed by atoms with E-state index in [0.717, 1.165) is 6.42 Å². The Morgan fingerprint density at radius 1 is 0.867 bits per heavy atom. The van der Waals surface area contributed by atoms with Gasteiger partial charge in [0, 0.05) is 18.9 Å². The Balaban J connectivity index is 2.05. The second-order valence-corrected chi connectivity index (χ2v) is 4.03. The summed E-state index contributed by atoms with van der Waals surface area (Å²) in [6, 6.07) is 19.5. The smallest absolute Gasteiger partial charge is 0.0622 e. The molecule has 72 valence electrons. The van der Waals surface area contributed by atoms with Crippen LogP contribution in [0, 0.1) is 6.42 Å². The van der Waals surface area contributed by atoms with Crippen molar-refractivity contribution in [2.24, 2.45) is 0 Å². The maximum atomic E-state index is 2.34. The fourth-order valence-electron chi connectivity index (χ4n) is 2.39. The molecule has 15 heavy (non-hydrogen) atoms. The molecule has 0 aromatic heterocycles. The molecule has 0 saturated heterocycles. The molecule has 1 unspecified atom stereocenters. The fraction of sp³-hybridized carbons (Fsp3) is 0.133. The van der Waals surface area contributed by atoms with Gasteiger partial charge in [0.05, 0.1) is 11.5 Å². The minimum Gasteiger partial charge on any atom is -0.0622 e. The molecule has 0 radical (unpaired) electrons. The molecular formula is C15H13+. The summed E-state index contributed by atoms with van der Waals surface area (Å²) in [7, 11) is 0. The van der Waals surface area contributed by atoms with Gasteiger partial charge in [-0.1, -0.05) is 30.3 Å². The largest absolute Gasteiger partial charge is 0.133 e. The van der Waals surface area contributed by atoms with Gasteiger partial charge < -0.3 is 0 Å². The molecule has 1 aliphatic carbocycles. The Hall–Kier alpha value is -1.69. The van der Waals surface area contributed by atoms with Crippen LogP contribution in [0.2, 0.25) is 0 Å². The summed E-state index contributed by atoms with van der Waals surface area (Å²) < 4.78 is 0. The summed E-state index contributed by atoms with van der Waals surface area (Å²) in [4.78, 5) is 0. The number of fused-ring (bicyclic) bond motifs is 1. The lowest BCUT2D eigenvalue weighted by Crippen LogP contribution is -1.94. The van der Waals surface area contributed by atoms with Gasteiger partial charge >= 0.3 is 0 Å². The lowest BCUT2D eigenvalue weighted by molar-refractivity contribution is 0.854. The van der Waals surface area contributed by atoms with Crippen LogP contribution in [0.4, 0.5) is 0 Å². The van der Waals surface area contributed by atoms with E-state index in [1.807, 2.05) is 0 Å². The normalized spacial score (nSPS) is 18.3. The van der Waals surface area contributed by atoms with E-state index in [4.69, 9.17) is 0 Å². The molecule has 0 heterocycles. The Morgan fingerprint density at radius 2 is 1.60 bits per heavy atom. The Bertz CT molecular complexity index is 456. The highest BCUT2D eigenvalue weighted by molar-refractivity contribution is 5.46. The van der Waals surface area contributed by atoms with Crippen LogP contribution in [0.1, 0.15) is 29.0 Å². The first kappa shape index (κ1) is 8.60. The van der Waals surface area contributed by atoms with Crippen molar-refractivity contribution < 1.29 is 0 Å². The summed E-state index contributed by atoms with van der Waals surface area (Å²) in [6.45, 7) is 0. The summed E-state index contributed by atoms with van der Waals surface area (Å²) in [6.07, 6.45) is 3.48. The van der Waals surface area contributed by atoms with Gasteiger partial charge in [-0.05, 0) is 23.8 Å². The molecule has 2 aromatic carbocycles. The predicted molar refractivity (Wildman–Crippen MR) is 62.7 cm³/mol. The third-order valence-corrected chi connectivity index (χ3v) is 3.15. The monoisotopic (exact) mass is 193 g/mol. The van der Waals surface area contributed by atoms with Crippen molar-refractivity contribution in [3.63, 3.8) is 0 Å². The molecule has 0 aliphatic heterocycles. The molecule has 1 atom stereocenters. The number of rotatable bonds is 1. The Kier molecular flexibility index (Phi) is 1.99. The third kappa shape index (κ3) is 1.42. The van der Waals surface area contributed by atoms with Crippen LogP contribution in [0.3, 0.4) is 0 Å². The second-order valence-electron chi connectivity index (χ2n) is 4.03. The van der Waals surface area contributed by atoms with Gasteiger partial charge in [0.25, 0.3) is 0 Å². The maximum absolute atomic E-state index is 2.34. The van der Waals surface area contributed by atoms with E-state index in [2.05, 4.69) is 61.0 Å². The molecule has 2 aromatic rings. The summed E-state index contributed by atoms with van der Waals surface area (Å²) >= 11 is 0. The van der Waals surface area contributed by atoms with E-state index in [1.165, 1.54) is 16.7 Å². The standard InChI is InChI=1S/C15H13/c1-2-6-12(7-3-1)15-11-10-13-8-4-5-9-14(13)15/h1-10,15H,11H2/q+1. The number of hydrogen-bond acceptors (Lipinski definition) is 0. The van der Waals surface area contributed by atoms with Crippen molar-refractivity contribution in [2.45, 2.75) is 12.3 Å². The quantitative estimate of drug-likeness (QED) is 0.605. The molecule has 0 spiro atoms. The van der Waals surface area contributed by atoms with E-state index in [0.29, 0.717) is 5.92 Å². The lowest BCUT2D eigenvalue weighted by Gasteiger charge is -2.06. The van der Waals surface area contributed by atoms with Crippen molar-refractivity contribution in [3.8, 4) is 0 Å². The minimum atomic E-state index is 0.572. The van der Waals surface area contributed by atoms with Gasteiger partial charge in [0.1, 0.15) is 5.56 Å². The highest BCUT2D eigenvalue weighted by atomic mass is 14.3. The molecule has 0 bridgehead atoms. The van der Waals surface area contributed by atoms with Crippen LogP contribution in [-0.4, -0.2) is 0 Å². The topological polar surface area (TPSA) is 0 Å². The van der Waals surface area contributed by atoms with Crippen LogP contribution in [-0.2, 0) is 0 Å². The first-order valence-corrected chi connectivity index (χ1v) is 5.42. The molecule has 0 amide bonds. The van der Waals surface area contributed by atoms with Crippen LogP contribution >= 0.6 is 0 Å². The Morgan fingerprint density at radius 3 is 2.47 bits per heavy atom. The van der Waals surface area contributed by atoms with Gasteiger partial charge in [-0.2, -0.15) is 0 Å². The highest BCUT2D eigenvalue weighted by Crippen LogP contribution is 2.38. The lowest BCUT2D eigenvalue weighted by atomic mass is 9.93. The van der Waals surface area contributed by atoms with Crippen molar-refractivity contribution >= 4 is 0 Å². The zero-order chi connectivity index (χ0) is 10.1. The average Bonchev–Trinajstić information content (AvgIpc) is 2.74. The maximum Gasteiger partial charge on any atom is 0.133 e. The summed E-state index contributed by atoms with van der Waals surface area (Å²) in [5, 5.41) is 0. The summed E-state index contributed by atoms with van der Waals surface area (Å²) in [5.74, 6) is 0.572. The average molecular weight is 193 g/mol. The number of hydrogen-bond donors (Lipinski definition) is 0. The molecule has 1 aliphatic rings. The van der Waals surface area contributed by atoms with Crippen LogP contribution in [0.15, 0.2) is 54.6 Å². The van der Waals surface area contributed by atoms with Gasteiger partial charge in [0.2, 0.25) is 0 Å². The van der Waals surface area contributed by atoms with Crippen molar-refractivity contribution in [3.05, 3.63) is 77.7 Å². The fourth-order valence-corrected chi connectivity index (χ4v) is 2.39. The molecule has 0 N–H and O–H groups in total. The first-order chi connectivity index (χ1) is 7.45. The molecule has 0 fully saturated rings. The van der Waals surface area contributed by atoms with Crippen molar-refractivity contribution in [2.75, 3.05) is 0 Å².